The molecule has 0 radical (unpaired) electrons. The van der Waals surface area contributed by atoms with Crippen LogP contribution in [0.2, 0.25) is 0 Å². The topological polar surface area (TPSA) is 92.3 Å². The minimum atomic E-state index is -3.52. The molecular formula is C21H21BrN4O3S3. The van der Waals surface area contributed by atoms with E-state index in [0.717, 1.165) is 33.8 Å². The van der Waals surface area contributed by atoms with Gasteiger partial charge in [-0.3, -0.25) is 10.1 Å². The van der Waals surface area contributed by atoms with E-state index in [1.165, 1.54) is 45.5 Å². The van der Waals surface area contributed by atoms with Gasteiger partial charge in [-0.1, -0.05) is 57.6 Å². The molecule has 1 fully saturated rings. The van der Waals surface area contributed by atoms with Crippen LogP contribution in [0.5, 0.6) is 0 Å². The van der Waals surface area contributed by atoms with E-state index in [1.807, 2.05) is 24.3 Å². The zero-order valence-corrected chi connectivity index (χ0v) is 21.1. The van der Waals surface area contributed by atoms with Crippen LogP contribution in [0, 0.1) is 0 Å². The molecule has 0 aliphatic carbocycles. The molecule has 0 atom stereocenters. The molecule has 32 heavy (non-hydrogen) atoms. The molecule has 1 aromatic heterocycles. The molecular weight excluding hydrogens is 532 g/mol. The van der Waals surface area contributed by atoms with E-state index in [4.69, 9.17) is 0 Å². The summed E-state index contributed by atoms with van der Waals surface area (Å²) in [5.41, 5.74) is 1.53. The molecule has 2 aromatic carbocycles. The molecule has 3 aromatic rings. The van der Waals surface area contributed by atoms with Crippen molar-refractivity contribution in [2.24, 2.45) is 0 Å². The number of amides is 1. The standard InChI is InChI=1S/C21H21BrN4O3S3/c22-17-8-4-15(5-9-17)14-30-21-25-24-20(31-21)23-19(27)16-6-10-18(11-7-16)32(28,29)26-12-2-1-3-13-26/h4-11H,1-3,12-14H2,(H,23,24,27). The Kier molecular flexibility index (Phi) is 7.62. The van der Waals surface area contributed by atoms with E-state index in [2.05, 4.69) is 31.4 Å². The molecule has 7 nitrogen and oxygen atoms in total. The smallest absolute Gasteiger partial charge is 0.257 e. The van der Waals surface area contributed by atoms with Gasteiger partial charge < -0.3 is 0 Å². The van der Waals surface area contributed by atoms with Crippen molar-refractivity contribution in [3.8, 4) is 0 Å². The number of aromatic nitrogens is 2. The van der Waals surface area contributed by atoms with Crippen LogP contribution in [0.4, 0.5) is 5.13 Å². The number of nitrogens with one attached hydrogen (secondary N) is 1. The first kappa shape index (κ1) is 23.4. The second-order valence-corrected chi connectivity index (χ2v) is 12.3. The van der Waals surface area contributed by atoms with E-state index >= 15 is 0 Å². The number of carbonyl (C=O) groups is 1. The molecule has 168 valence electrons. The van der Waals surface area contributed by atoms with Gasteiger partial charge in [0, 0.05) is 28.9 Å². The van der Waals surface area contributed by atoms with Crippen molar-refractivity contribution in [2.75, 3.05) is 18.4 Å². The van der Waals surface area contributed by atoms with Crippen LogP contribution in [0.25, 0.3) is 0 Å². The minimum absolute atomic E-state index is 0.207. The second-order valence-electron chi connectivity index (χ2n) is 7.23. The highest BCUT2D eigenvalue weighted by Crippen LogP contribution is 2.29. The summed E-state index contributed by atoms with van der Waals surface area (Å²) in [4.78, 5) is 12.8. The van der Waals surface area contributed by atoms with Crippen molar-refractivity contribution in [1.82, 2.24) is 14.5 Å². The highest BCUT2D eigenvalue weighted by atomic mass is 79.9. The fourth-order valence-electron chi connectivity index (χ4n) is 3.25. The summed E-state index contributed by atoms with van der Waals surface area (Å²) in [6.45, 7) is 1.09. The van der Waals surface area contributed by atoms with E-state index in [9.17, 15) is 13.2 Å². The number of rotatable bonds is 7. The number of hydrogen-bond donors (Lipinski definition) is 1. The first-order valence-corrected chi connectivity index (χ1v) is 14.1. The van der Waals surface area contributed by atoms with E-state index < -0.39 is 10.0 Å². The van der Waals surface area contributed by atoms with Crippen molar-refractivity contribution in [3.63, 3.8) is 0 Å². The lowest BCUT2D eigenvalue weighted by Crippen LogP contribution is -2.35. The largest absolute Gasteiger partial charge is 0.296 e. The summed E-state index contributed by atoms with van der Waals surface area (Å²) < 4.78 is 28.8. The molecule has 11 heteroatoms. The van der Waals surface area contributed by atoms with Crippen LogP contribution < -0.4 is 5.32 Å². The lowest BCUT2D eigenvalue weighted by atomic mass is 10.2. The van der Waals surface area contributed by atoms with Crippen LogP contribution in [0.1, 0.15) is 35.2 Å². The molecule has 0 bridgehead atoms. The Morgan fingerprint density at radius 1 is 1.03 bits per heavy atom. The second kappa shape index (κ2) is 10.4. The molecule has 0 saturated carbocycles. The third-order valence-electron chi connectivity index (χ3n) is 4.97. The van der Waals surface area contributed by atoms with Gasteiger partial charge >= 0.3 is 0 Å². The summed E-state index contributed by atoms with van der Waals surface area (Å²) in [7, 11) is -3.52. The van der Waals surface area contributed by atoms with Crippen molar-refractivity contribution in [1.29, 1.82) is 0 Å². The zero-order valence-electron chi connectivity index (χ0n) is 17.0. The number of benzene rings is 2. The number of carbonyl (C=O) groups excluding carboxylic acids is 1. The highest BCUT2D eigenvalue weighted by Gasteiger charge is 2.26. The summed E-state index contributed by atoms with van der Waals surface area (Å²) in [6.07, 6.45) is 2.82. The number of nitrogens with zero attached hydrogens (tertiary/aromatic N) is 3. The van der Waals surface area contributed by atoms with Crippen LogP contribution in [-0.2, 0) is 15.8 Å². The Hall–Kier alpha value is -1.79. The average Bonchev–Trinajstić information content (AvgIpc) is 3.26. The molecule has 0 spiro atoms. The van der Waals surface area contributed by atoms with E-state index in [0.29, 0.717) is 23.8 Å². The predicted octanol–water partition coefficient (Wildman–Crippen LogP) is 5.02. The molecule has 0 unspecified atom stereocenters. The molecule has 1 saturated heterocycles. The van der Waals surface area contributed by atoms with Crippen LogP contribution in [0.3, 0.4) is 0 Å². The summed E-state index contributed by atoms with van der Waals surface area (Å²) >= 11 is 6.27. The van der Waals surface area contributed by atoms with Crippen LogP contribution >= 0.6 is 39.0 Å². The average molecular weight is 554 g/mol. The van der Waals surface area contributed by atoms with Crippen molar-refractivity contribution in [3.05, 3.63) is 64.1 Å². The molecule has 1 amide bonds. The number of thioether (sulfide) groups is 1. The molecule has 1 aliphatic rings. The van der Waals surface area contributed by atoms with Gasteiger partial charge in [-0.2, -0.15) is 4.31 Å². The lowest BCUT2D eigenvalue weighted by Gasteiger charge is -2.25. The predicted molar refractivity (Wildman–Crippen MR) is 131 cm³/mol. The fraction of sp³-hybridized carbons (Fsp3) is 0.286. The summed E-state index contributed by atoms with van der Waals surface area (Å²) in [6, 6.07) is 14.1. The Morgan fingerprint density at radius 3 is 2.41 bits per heavy atom. The van der Waals surface area contributed by atoms with Gasteiger partial charge in [0.05, 0.1) is 4.90 Å². The quantitative estimate of drug-likeness (QED) is 0.326. The fourth-order valence-corrected chi connectivity index (χ4v) is 6.73. The van der Waals surface area contributed by atoms with E-state index in [-0.39, 0.29) is 10.8 Å². The molecule has 1 N–H and O–H groups in total. The first-order valence-electron chi connectivity index (χ1n) is 10.0. The van der Waals surface area contributed by atoms with Crippen molar-refractivity contribution in [2.45, 2.75) is 34.3 Å². The van der Waals surface area contributed by atoms with Gasteiger partial charge in [0.2, 0.25) is 15.2 Å². The third-order valence-corrected chi connectivity index (χ3v) is 9.46. The maximum absolute atomic E-state index is 12.7. The van der Waals surface area contributed by atoms with Gasteiger partial charge in [-0.25, -0.2) is 8.42 Å². The highest BCUT2D eigenvalue weighted by molar-refractivity contribution is 9.10. The Bertz CT molecular complexity index is 1180. The summed E-state index contributed by atoms with van der Waals surface area (Å²) in [5.74, 6) is 0.399. The van der Waals surface area contributed by atoms with Crippen LogP contribution in [0.15, 0.2) is 62.2 Å². The normalized spacial score (nSPS) is 14.9. The summed E-state index contributed by atoms with van der Waals surface area (Å²) in [5, 5.41) is 11.3. The zero-order chi connectivity index (χ0) is 22.6. The SMILES string of the molecule is O=C(Nc1nnc(SCc2ccc(Br)cc2)s1)c1ccc(S(=O)(=O)N2CCCCC2)cc1. The van der Waals surface area contributed by atoms with Crippen molar-refractivity contribution < 1.29 is 13.2 Å². The van der Waals surface area contributed by atoms with Crippen molar-refractivity contribution >= 4 is 60.1 Å². The molecule has 1 aliphatic heterocycles. The van der Waals surface area contributed by atoms with Gasteiger partial charge in [0.25, 0.3) is 5.91 Å². The maximum atomic E-state index is 12.7. The monoisotopic (exact) mass is 552 g/mol. The number of piperidine rings is 1. The number of halogens is 1. The van der Waals surface area contributed by atoms with Gasteiger partial charge in [0.15, 0.2) is 4.34 Å². The van der Waals surface area contributed by atoms with Gasteiger partial charge in [-0.15, -0.1) is 10.2 Å². The number of hydrogen-bond acceptors (Lipinski definition) is 7. The lowest BCUT2D eigenvalue weighted by molar-refractivity contribution is 0.102. The van der Waals surface area contributed by atoms with Crippen LogP contribution in [-0.4, -0.2) is 41.9 Å². The Labute approximate surface area is 203 Å². The molecule has 2 heterocycles. The molecule has 4 rings (SSSR count). The minimum Gasteiger partial charge on any atom is -0.296 e. The first-order chi connectivity index (χ1) is 15.4. The third kappa shape index (κ3) is 5.76. The van der Waals surface area contributed by atoms with E-state index in [1.54, 1.807) is 11.8 Å². The maximum Gasteiger partial charge on any atom is 0.257 e. The number of sulfonamides is 1. The Balaban J connectivity index is 1.35. The number of anilines is 1. The Morgan fingerprint density at radius 2 is 1.72 bits per heavy atom. The van der Waals surface area contributed by atoms with Gasteiger partial charge in [0.1, 0.15) is 0 Å². The van der Waals surface area contributed by atoms with Gasteiger partial charge in [-0.05, 0) is 54.8 Å².